The van der Waals surface area contributed by atoms with Gasteiger partial charge < -0.3 is 29.2 Å². The van der Waals surface area contributed by atoms with E-state index in [1.54, 1.807) is 0 Å². The summed E-state index contributed by atoms with van der Waals surface area (Å²) in [7, 11) is -10.5. The fourth-order valence-corrected chi connectivity index (χ4v) is 8.16. The van der Waals surface area contributed by atoms with Gasteiger partial charge in [0.25, 0.3) is 0 Å². The van der Waals surface area contributed by atoms with Gasteiger partial charge in [-0.15, -0.1) is 0 Å². The zero-order chi connectivity index (χ0) is 42.0. The van der Waals surface area contributed by atoms with Crippen molar-refractivity contribution in [3.63, 3.8) is 0 Å². The van der Waals surface area contributed by atoms with E-state index >= 15 is 0 Å². The van der Waals surface area contributed by atoms with Gasteiger partial charge in [-0.3, -0.25) is 9.11 Å². The van der Waals surface area contributed by atoms with Crippen LogP contribution in [0.4, 0.5) is 0 Å². The first-order chi connectivity index (χ1) is 27.4. The minimum Gasteiger partial charge on any atom is -0.394 e. The maximum absolute atomic E-state index is 11.7. The van der Waals surface area contributed by atoms with Gasteiger partial charge in [0.05, 0.1) is 19.8 Å². The highest BCUT2D eigenvalue weighted by atomic mass is 32.3. The van der Waals surface area contributed by atoms with Crippen LogP contribution in [0.25, 0.3) is 0 Å². The Labute approximate surface area is 346 Å². The van der Waals surface area contributed by atoms with Crippen molar-refractivity contribution in [2.45, 2.75) is 230 Å². The number of rotatable bonds is 41. The van der Waals surface area contributed by atoms with E-state index in [2.05, 4.69) is 22.2 Å². The molecule has 1 aliphatic rings. The summed E-state index contributed by atoms with van der Waals surface area (Å²) < 4.78 is 97.5. The summed E-state index contributed by atoms with van der Waals surface area (Å²) in [4.78, 5) is 0. The number of hydrogen-bond acceptors (Lipinski definition) is 12. The average molecular weight is 863 g/mol. The molecule has 1 rings (SSSR count). The Morgan fingerprint density at radius 1 is 0.526 bits per heavy atom. The van der Waals surface area contributed by atoms with Crippen molar-refractivity contribution in [2.24, 2.45) is 0 Å². The van der Waals surface area contributed by atoms with Crippen LogP contribution in [0.2, 0.25) is 0 Å². The summed E-state index contributed by atoms with van der Waals surface area (Å²) in [5.41, 5.74) is 0. The number of unbranched alkanes of at least 4 members (excludes halogenated alkanes) is 26. The van der Waals surface area contributed by atoms with Crippen LogP contribution in [0.15, 0.2) is 0 Å². The van der Waals surface area contributed by atoms with Gasteiger partial charge in [-0.1, -0.05) is 181 Å². The van der Waals surface area contributed by atoms with Crippen molar-refractivity contribution in [1.29, 1.82) is 0 Å². The molecule has 1 aliphatic heterocycles. The van der Waals surface area contributed by atoms with Crippen LogP contribution in [0.3, 0.4) is 0 Å². The summed E-state index contributed by atoms with van der Waals surface area (Å²) in [5.74, 6) is 0. The minimum absolute atomic E-state index is 0.143. The lowest BCUT2D eigenvalue weighted by molar-refractivity contribution is -0.297. The molecule has 0 bridgehead atoms. The molecule has 342 valence electrons. The molecule has 57 heavy (non-hydrogen) atoms. The van der Waals surface area contributed by atoms with E-state index < -0.39 is 64.2 Å². The van der Waals surface area contributed by atoms with Gasteiger partial charge >= 0.3 is 20.8 Å². The topological polar surface area (TPSA) is 205 Å². The van der Waals surface area contributed by atoms with Crippen molar-refractivity contribution < 1.29 is 63.5 Å². The molecular formula is C41H82O14S2. The van der Waals surface area contributed by atoms with Gasteiger partial charge in [-0.25, -0.2) is 8.37 Å². The molecular weight excluding hydrogens is 781 g/mol. The van der Waals surface area contributed by atoms with Crippen LogP contribution in [0.5, 0.6) is 0 Å². The quantitative estimate of drug-likeness (QED) is 0.0335. The van der Waals surface area contributed by atoms with E-state index in [-0.39, 0.29) is 13.2 Å². The molecule has 0 unspecified atom stereocenters. The molecule has 0 spiro atoms. The predicted molar refractivity (Wildman–Crippen MR) is 222 cm³/mol. The minimum atomic E-state index is -5.25. The molecule has 6 atom stereocenters. The molecule has 0 saturated carbocycles. The fraction of sp³-hybridized carbons (Fsp3) is 1.00. The average Bonchev–Trinajstić information content (AvgIpc) is 3.15. The Balaban J connectivity index is 2.57. The maximum Gasteiger partial charge on any atom is 0.397 e. The number of hydrogen-bond donors (Lipinski definition) is 4. The molecule has 0 aliphatic carbocycles. The SMILES string of the molecule is CCCCCCCCCCCCCCCCOC[C@H](CO[C@@H]1O[C@H](CO)[C@H](O)[C@H](OS(=O)(=O)O)[C@H]1OS(=O)(=O)O)OCCCCCCCCCCCCCCCC. The van der Waals surface area contributed by atoms with Crippen LogP contribution in [-0.2, 0) is 48.1 Å². The lowest BCUT2D eigenvalue weighted by Gasteiger charge is -2.42. The van der Waals surface area contributed by atoms with Gasteiger partial charge in [0.1, 0.15) is 24.4 Å². The Morgan fingerprint density at radius 2 is 0.895 bits per heavy atom. The summed E-state index contributed by atoms with van der Waals surface area (Å²) in [6, 6.07) is 0. The van der Waals surface area contributed by atoms with Crippen LogP contribution >= 0.6 is 0 Å². The second-order valence-electron chi connectivity index (χ2n) is 15.8. The van der Waals surface area contributed by atoms with E-state index in [4.69, 9.17) is 18.9 Å². The van der Waals surface area contributed by atoms with Crippen molar-refractivity contribution in [2.75, 3.05) is 33.0 Å². The summed E-state index contributed by atoms with van der Waals surface area (Å²) in [5, 5.41) is 20.3. The summed E-state index contributed by atoms with van der Waals surface area (Å²) >= 11 is 0. The predicted octanol–water partition coefficient (Wildman–Crippen LogP) is 8.82. The van der Waals surface area contributed by atoms with Crippen molar-refractivity contribution in [1.82, 2.24) is 0 Å². The summed E-state index contributed by atoms with van der Waals surface area (Å²) in [6.07, 6.45) is 24.6. The van der Waals surface area contributed by atoms with Crippen LogP contribution in [0, 0.1) is 0 Å². The first kappa shape index (κ1) is 54.5. The van der Waals surface area contributed by atoms with Crippen molar-refractivity contribution in [3.8, 4) is 0 Å². The van der Waals surface area contributed by atoms with Crippen LogP contribution < -0.4 is 0 Å². The lowest BCUT2D eigenvalue weighted by atomic mass is 9.99. The second kappa shape index (κ2) is 35.1. The maximum atomic E-state index is 11.7. The highest BCUT2D eigenvalue weighted by Crippen LogP contribution is 2.29. The highest BCUT2D eigenvalue weighted by molar-refractivity contribution is 7.81. The van der Waals surface area contributed by atoms with E-state index in [1.807, 2.05) is 0 Å². The molecule has 16 heteroatoms. The molecule has 0 amide bonds. The zero-order valence-corrected chi connectivity index (χ0v) is 37.1. The monoisotopic (exact) mass is 863 g/mol. The molecule has 14 nitrogen and oxygen atoms in total. The van der Waals surface area contributed by atoms with Crippen molar-refractivity contribution in [3.05, 3.63) is 0 Å². The summed E-state index contributed by atoms with van der Waals surface area (Å²) in [6.45, 7) is 4.48. The molecule has 1 fully saturated rings. The molecule has 0 aromatic heterocycles. The third kappa shape index (κ3) is 31.1. The van der Waals surface area contributed by atoms with E-state index in [0.29, 0.717) is 13.2 Å². The number of aliphatic hydroxyl groups excluding tert-OH is 2. The standard InChI is InChI=1S/C41H82O14S2/c1-3-5-7-9-11-13-15-17-19-21-23-25-27-29-31-50-34-36(51-32-30-28-26-24-22-20-18-16-14-12-10-8-6-4-2)35-52-41-40(55-57(47,48)49)39(54-56(44,45)46)38(43)37(33-42)53-41/h36-43H,3-35H2,1-2H3,(H,44,45,46)(H,47,48,49)/t36-,37-,38+,39+,40-,41-/m1/s1. The van der Waals surface area contributed by atoms with Crippen molar-refractivity contribution >= 4 is 20.8 Å². The normalized spacial score (nSPS) is 21.0. The molecule has 0 radical (unpaired) electrons. The molecule has 1 saturated heterocycles. The highest BCUT2D eigenvalue weighted by Gasteiger charge is 2.51. The fourth-order valence-electron chi connectivity index (χ4n) is 7.18. The van der Waals surface area contributed by atoms with Crippen LogP contribution in [-0.4, -0.2) is 106 Å². The Kier molecular flexibility index (Phi) is 33.6. The molecule has 0 aromatic rings. The van der Waals surface area contributed by atoms with Gasteiger partial charge in [-0.05, 0) is 12.8 Å². The smallest absolute Gasteiger partial charge is 0.394 e. The molecule has 0 aromatic carbocycles. The van der Waals surface area contributed by atoms with E-state index in [0.717, 1.165) is 38.5 Å². The van der Waals surface area contributed by atoms with E-state index in [1.165, 1.54) is 141 Å². The van der Waals surface area contributed by atoms with Gasteiger partial charge in [0.2, 0.25) is 0 Å². The van der Waals surface area contributed by atoms with E-state index in [9.17, 15) is 36.2 Å². The molecule has 1 heterocycles. The second-order valence-corrected chi connectivity index (χ2v) is 17.9. The number of ether oxygens (including phenoxy) is 4. The Hall–Kier alpha value is -0.500. The van der Waals surface area contributed by atoms with Gasteiger partial charge in [-0.2, -0.15) is 16.8 Å². The van der Waals surface area contributed by atoms with Gasteiger partial charge in [0, 0.05) is 13.2 Å². The largest absolute Gasteiger partial charge is 0.397 e. The zero-order valence-electron chi connectivity index (χ0n) is 35.5. The first-order valence-corrected chi connectivity index (χ1v) is 25.2. The lowest BCUT2D eigenvalue weighted by Crippen LogP contribution is -2.62. The Bertz CT molecular complexity index is 1130. The first-order valence-electron chi connectivity index (χ1n) is 22.5. The number of aliphatic hydroxyl groups is 2. The molecule has 4 N–H and O–H groups in total. The third-order valence-electron chi connectivity index (χ3n) is 10.5. The van der Waals surface area contributed by atoms with Crippen LogP contribution in [0.1, 0.15) is 194 Å². The third-order valence-corrected chi connectivity index (χ3v) is 11.4. The Morgan fingerprint density at radius 3 is 1.28 bits per heavy atom. The van der Waals surface area contributed by atoms with Gasteiger partial charge in [0.15, 0.2) is 12.4 Å².